The van der Waals surface area contributed by atoms with Gasteiger partial charge in [0.15, 0.2) is 0 Å². The Hall–Kier alpha value is -2.21. The number of carbonyl (C=O) groups excluding carboxylic acids is 1. The van der Waals surface area contributed by atoms with Crippen LogP contribution in [0.2, 0.25) is 0 Å². The van der Waals surface area contributed by atoms with Crippen molar-refractivity contribution in [3.8, 4) is 0 Å². The number of rotatable bonds is 7. The summed E-state index contributed by atoms with van der Waals surface area (Å²) in [4.78, 5) is 20.5. The average molecular weight is 332 g/mol. The number of likely N-dealkylation sites (N-methyl/N-ethyl adjacent to an activating group) is 2. The summed E-state index contributed by atoms with van der Waals surface area (Å²) < 4.78 is 16.1. The molecule has 2 rings (SSSR count). The van der Waals surface area contributed by atoms with Crippen molar-refractivity contribution in [3.05, 3.63) is 53.9 Å². The highest BCUT2D eigenvalue weighted by Gasteiger charge is 2.28. The quantitative estimate of drug-likeness (QED) is 0.781. The van der Waals surface area contributed by atoms with Gasteiger partial charge in [-0.3, -0.25) is 9.69 Å². The van der Waals surface area contributed by atoms with E-state index in [1.165, 1.54) is 6.07 Å². The van der Waals surface area contributed by atoms with Gasteiger partial charge >= 0.3 is 0 Å². The van der Waals surface area contributed by atoms with Gasteiger partial charge in [0, 0.05) is 45.0 Å². The maximum absolute atomic E-state index is 14.1. The van der Waals surface area contributed by atoms with Crippen LogP contribution in [-0.2, 0) is 18.3 Å². The van der Waals surface area contributed by atoms with Gasteiger partial charge in [0.05, 0.1) is 0 Å². The van der Waals surface area contributed by atoms with Crippen LogP contribution in [0.15, 0.2) is 36.7 Å². The summed E-state index contributed by atoms with van der Waals surface area (Å²) >= 11 is 0. The fraction of sp³-hybridized carbons (Fsp3) is 0.444. The molecule has 0 aliphatic rings. The number of nitrogens with zero attached hydrogens (tertiary/aromatic N) is 4. The van der Waals surface area contributed by atoms with Crippen LogP contribution < -0.4 is 0 Å². The number of amides is 1. The van der Waals surface area contributed by atoms with E-state index in [0.717, 1.165) is 18.7 Å². The van der Waals surface area contributed by atoms with Crippen LogP contribution in [0.4, 0.5) is 4.39 Å². The largest absolute Gasteiger partial charge is 0.344 e. The Labute approximate surface area is 142 Å². The Morgan fingerprint density at radius 2 is 2.00 bits per heavy atom. The molecule has 0 aliphatic heterocycles. The average Bonchev–Trinajstić information content (AvgIpc) is 2.94. The molecule has 5 nitrogen and oxygen atoms in total. The van der Waals surface area contributed by atoms with E-state index in [4.69, 9.17) is 0 Å². The topological polar surface area (TPSA) is 41.4 Å². The number of benzene rings is 1. The third-order valence-corrected chi connectivity index (χ3v) is 4.14. The maximum atomic E-state index is 14.1. The van der Waals surface area contributed by atoms with Crippen molar-refractivity contribution >= 4 is 5.91 Å². The lowest BCUT2D eigenvalue weighted by atomic mass is 10.0. The van der Waals surface area contributed by atoms with Crippen molar-refractivity contribution in [2.75, 3.05) is 27.7 Å². The van der Waals surface area contributed by atoms with E-state index >= 15 is 0 Å². The highest BCUT2D eigenvalue weighted by Crippen LogP contribution is 2.23. The van der Waals surface area contributed by atoms with E-state index in [9.17, 15) is 9.18 Å². The fourth-order valence-electron chi connectivity index (χ4n) is 2.76. The number of halogens is 1. The van der Waals surface area contributed by atoms with Crippen molar-refractivity contribution in [1.29, 1.82) is 0 Å². The number of imidazole rings is 1. The molecule has 24 heavy (non-hydrogen) atoms. The third kappa shape index (κ3) is 4.20. The molecule has 1 heterocycles. The molecule has 1 unspecified atom stereocenters. The first-order valence-electron chi connectivity index (χ1n) is 8.04. The zero-order valence-corrected chi connectivity index (χ0v) is 14.7. The second kappa shape index (κ2) is 8.06. The van der Waals surface area contributed by atoms with Gasteiger partial charge in [0.1, 0.15) is 17.7 Å². The summed E-state index contributed by atoms with van der Waals surface area (Å²) in [5.41, 5.74) is 0.406. The van der Waals surface area contributed by atoms with Gasteiger partial charge in [-0.05, 0) is 26.6 Å². The third-order valence-electron chi connectivity index (χ3n) is 4.14. The Bertz CT molecular complexity index is 683. The first-order valence-corrected chi connectivity index (χ1v) is 8.04. The second-order valence-corrected chi connectivity index (χ2v) is 6.21. The molecule has 0 saturated carbocycles. The number of aryl methyl sites for hydroxylation is 2. The van der Waals surface area contributed by atoms with Crippen LogP contribution in [-0.4, -0.2) is 52.9 Å². The van der Waals surface area contributed by atoms with Crippen molar-refractivity contribution < 1.29 is 9.18 Å². The molecular weight excluding hydrogens is 307 g/mol. The normalized spacial score (nSPS) is 12.4. The SMILES string of the molecule is CN(CCCc1nccn1C)C(=O)C(c1ccccc1F)N(C)C. The van der Waals surface area contributed by atoms with Gasteiger partial charge in [-0.1, -0.05) is 18.2 Å². The minimum atomic E-state index is -0.621. The van der Waals surface area contributed by atoms with Gasteiger partial charge < -0.3 is 9.47 Å². The molecule has 0 fully saturated rings. The summed E-state index contributed by atoms with van der Waals surface area (Å²) in [6.45, 7) is 0.602. The lowest BCUT2D eigenvalue weighted by Crippen LogP contribution is -2.39. The lowest BCUT2D eigenvalue weighted by Gasteiger charge is -2.29. The van der Waals surface area contributed by atoms with Gasteiger partial charge in [-0.15, -0.1) is 0 Å². The van der Waals surface area contributed by atoms with Crippen LogP contribution in [0.1, 0.15) is 23.9 Å². The van der Waals surface area contributed by atoms with Crippen LogP contribution in [0.25, 0.3) is 0 Å². The standard InChI is InChI=1S/C18H25FN4O/c1-21(2)17(14-8-5-6-9-15(14)19)18(24)23(4)12-7-10-16-20-11-13-22(16)3/h5-6,8-9,11,13,17H,7,10,12H2,1-4H3. The molecule has 0 spiro atoms. The lowest BCUT2D eigenvalue weighted by molar-refractivity contribution is -0.135. The van der Waals surface area contributed by atoms with E-state index in [2.05, 4.69) is 4.98 Å². The Balaban J connectivity index is 2.01. The van der Waals surface area contributed by atoms with Gasteiger partial charge in [0.25, 0.3) is 0 Å². The number of carbonyl (C=O) groups is 1. The molecule has 130 valence electrons. The van der Waals surface area contributed by atoms with Crippen LogP contribution in [0.5, 0.6) is 0 Å². The van der Waals surface area contributed by atoms with Crippen LogP contribution >= 0.6 is 0 Å². The summed E-state index contributed by atoms with van der Waals surface area (Å²) in [5.74, 6) is 0.532. The first-order chi connectivity index (χ1) is 11.4. The molecule has 1 aromatic carbocycles. The minimum absolute atomic E-state index is 0.107. The van der Waals surface area contributed by atoms with Crippen LogP contribution in [0.3, 0.4) is 0 Å². The number of hydrogen-bond donors (Lipinski definition) is 0. The molecule has 0 radical (unpaired) electrons. The van der Waals surface area contributed by atoms with Gasteiger partial charge in [-0.25, -0.2) is 9.37 Å². The number of hydrogen-bond acceptors (Lipinski definition) is 3. The summed E-state index contributed by atoms with van der Waals surface area (Å²) in [7, 11) is 7.29. The van der Waals surface area contributed by atoms with Gasteiger partial charge in [0.2, 0.25) is 5.91 Å². The molecular formula is C18H25FN4O. The van der Waals surface area contributed by atoms with Crippen molar-refractivity contribution in [3.63, 3.8) is 0 Å². The summed E-state index contributed by atoms with van der Waals surface area (Å²) in [6.07, 6.45) is 5.28. The molecule has 0 bridgehead atoms. The van der Waals surface area contributed by atoms with E-state index in [1.807, 2.05) is 17.8 Å². The Kier molecular flexibility index (Phi) is 6.09. The van der Waals surface area contributed by atoms with Crippen molar-refractivity contribution in [2.24, 2.45) is 7.05 Å². The van der Waals surface area contributed by atoms with Gasteiger partial charge in [-0.2, -0.15) is 0 Å². The zero-order valence-electron chi connectivity index (χ0n) is 14.7. The number of aromatic nitrogens is 2. The molecule has 1 amide bonds. The molecule has 6 heteroatoms. The highest BCUT2D eigenvalue weighted by atomic mass is 19.1. The molecule has 0 saturated heterocycles. The van der Waals surface area contributed by atoms with E-state index < -0.39 is 6.04 Å². The smallest absolute Gasteiger partial charge is 0.244 e. The van der Waals surface area contributed by atoms with Crippen LogP contribution in [0, 0.1) is 5.82 Å². The molecule has 1 atom stereocenters. The predicted molar refractivity (Wildman–Crippen MR) is 92.0 cm³/mol. The first kappa shape index (κ1) is 18.1. The summed E-state index contributed by atoms with van der Waals surface area (Å²) in [6, 6.07) is 5.82. The highest BCUT2D eigenvalue weighted by molar-refractivity contribution is 5.83. The fourth-order valence-corrected chi connectivity index (χ4v) is 2.76. The molecule has 2 aromatic rings. The zero-order chi connectivity index (χ0) is 17.7. The van der Waals surface area contributed by atoms with Crippen molar-refractivity contribution in [1.82, 2.24) is 19.4 Å². The van der Waals surface area contributed by atoms with Crippen molar-refractivity contribution in [2.45, 2.75) is 18.9 Å². The monoisotopic (exact) mass is 332 g/mol. The Morgan fingerprint density at radius 3 is 2.58 bits per heavy atom. The molecule has 1 aromatic heterocycles. The molecule has 0 N–H and O–H groups in total. The molecule has 0 aliphatic carbocycles. The summed E-state index contributed by atoms with van der Waals surface area (Å²) in [5, 5.41) is 0. The Morgan fingerprint density at radius 1 is 1.29 bits per heavy atom. The second-order valence-electron chi connectivity index (χ2n) is 6.21. The predicted octanol–water partition coefficient (Wildman–Crippen LogP) is 2.25. The van der Waals surface area contributed by atoms with E-state index in [1.54, 1.807) is 55.3 Å². The minimum Gasteiger partial charge on any atom is -0.344 e. The maximum Gasteiger partial charge on any atom is 0.244 e. The van der Waals surface area contributed by atoms with E-state index in [0.29, 0.717) is 12.1 Å². The van der Waals surface area contributed by atoms with E-state index in [-0.39, 0.29) is 11.7 Å².